The second-order valence-electron chi connectivity index (χ2n) is 10.4. The van der Waals surface area contributed by atoms with E-state index in [4.69, 9.17) is 4.74 Å². The van der Waals surface area contributed by atoms with Crippen LogP contribution in [0.25, 0.3) is 11.1 Å². The van der Waals surface area contributed by atoms with Crippen LogP contribution >= 0.6 is 0 Å². The van der Waals surface area contributed by atoms with Crippen LogP contribution in [0.5, 0.6) is 0 Å². The maximum absolute atomic E-state index is 13.3. The molecule has 0 saturated carbocycles. The van der Waals surface area contributed by atoms with Gasteiger partial charge in [0.05, 0.1) is 11.3 Å². The van der Waals surface area contributed by atoms with E-state index in [2.05, 4.69) is 16.0 Å². The fourth-order valence-electron chi connectivity index (χ4n) is 5.11. The first-order chi connectivity index (χ1) is 16.8. The highest BCUT2D eigenvalue weighted by Gasteiger charge is 2.47. The van der Waals surface area contributed by atoms with Crippen LogP contribution in [0.4, 0.5) is 10.5 Å². The number of aromatic nitrogens is 2. The summed E-state index contributed by atoms with van der Waals surface area (Å²) in [5.74, 6) is -0.0200. The first-order valence-corrected chi connectivity index (χ1v) is 12.0. The molecule has 2 amide bonds. The summed E-state index contributed by atoms with van der Waals surface area (Å²) in [6.45, 7) is 7.45. The Hall–Kier alpha value is -3.74. The Bertz CT molecular complexity index is 1240. The highest BCUT2D eigenvalue weighted by atomic mass is 16.6. The number of fused-ring (bicyclic) bond motifs is 2. The topological polar surface area (TPSA) is 75.6 Å². The number of para-hydroxylation sites is 1. The Morgan fingerprint density at radius 1 is 0.943 bits per heavy atom. The van der Waals surface area contributed by atoms with Crippen molar-refractivity contribution in [1.82, 2.24) is 14.9 Å². The quantitative estimate of drug-likeness (QED) is 0.523. The number of hydrogen-bond donors (Lipinski definition) is 0. The van der Waals surface area contributed by atoms with Crippen molar-refractivity contribution < 1.29 is 14.3 Å². The second-order valence-corrected chi connectivity index (χ2v) is 10.4. The van der Waals surface area contributed by atoms with E-state index in [0.717, 1.165) is 35.2 Å². The highest BCUT2D eigenvalue weighted by Crippen LogP contribution is 2.47. The number of nitrogens with zero attached hydrogens (tertiary/aromatic N) is 4. The van der Waals surface area contributed by atoms with Gasteiger partial charge in [-0.1, -0.05) is 24.3 Å². The van der Waals surface area contributed by atoms with Crippen LogP contribution in [0.15, 0.2) is 67.3 Å². The molecule has 5 rings (SSSR count). The zero-order valence-electron chi connectivity index (χ0n) is 20.4. The van der Waals surface area contributed by atoms with Crippen molar-refractivity contribution in [2.75, 3.05) is 24.5 Å². The lowest BCUT2D eigenvalue weighted by Crippen LogP contribution is -2.48. The molecule has 0 bridgehead atoms. The molecule has 2 aromatic heterocycles. The van der Waals surface area contributed by atoms with Crippen molar-refractivity contribution in [2.24, 2.45) is 0 Å². The number of anilines is 1. The van der Waals surface area contributed by atoms with Gasteiger partial charge in [-0.15, -0.1) is 0 Å². The first kappa shape index (κ1) is 23.0. The minimum absolute atomic E-state index is 0.0200. The molecule has 2 aliphatic rings. The maximum atomic E-state index is 13.3. The highest BCUT2D eigenvalue weighted by molar-refractivity contribution is 5.95. The number of likely N-dealkylation sites (tertiary alicyclic amines) is 1. The van der Waals surface area contributed by atoms with E-state index < -0.39 is 5.60 Å². The zero-order chi connectivity index (χ0) is 24.6. The molecule has 7 nitrogen and oxygen atoms in total. The molecule has 7 heteroatoms. The van der Waals surface area contributed by atoms with Crippen molar-refractivity contribution in [2.45, 2.75) is 44.6 Å². The summed E-state index contributed by atoms with van der Waals surface area (Å²) in [6, 6.07) is 13.8. The third-order valence-corrected chi connectivity index (χ3v) is 6.83. The Morgan fingerprint density at radius 2 is 1.69 bits per heavy atom. The van der Waals surface area contributed by atoms with E-state index in [1.807, 2.05) is 62.1 Å². The molecule has 1 saturated heterocycles. The predicted octanol–water partition coefficient (Wildman–Crippen LogP) is 5.07. The second kappa shape index (κ2) is 8.80. The number of carbonyl (C=O) groups is 2. The van der Waals surface area contributed by atoms with Gasteiger partial charge < -0.3 is 9.64 Å². The molecule has 3 aromatic rings. The summed E-state index contributed by atoms with van der Waals surface area (Å²) in [6.07, 6.45) is 8.11. The van der Waals surface area contributed by atoms with Crippen molar-refractivity contribution in [3.63, 3.8) is 0 Å². The lowest BCUT2D eigenvalue weighted by Gasteiger charge is -2.40. The molecule has 4 heterocycles. The van der Waals surface area contributed by atoms with E-state index in [1.165, 1.54) is 0 Å². The summed E-state index contributed by atoms with van der Waals surface area (Å²) >= 11 is 0. The lowest BCUT2D eigenvalue weighted by atomic mass is 9.74. The Balaban J connectivity index is 1.33. The number of pyridine rings is 2. The minimum atomic E-state index is -0.560. The van der Waals surface area contributed by atoms with E-state index in [1.54, 1.807) is 29.7 Å². The number of benzene rings is 1. The number of amides is 2. The van der Waals surface area contributed by atoms with Gasteiger partial charge >= 0.3 is 6.09 Å². The smallest absolute Gasteiger partial charge is 0.414 e. The average Bonchev–Trinajstić information content (AvgIpc) is 3.18. The Kier molecular flexibility index (Phi) is 5.79. The van der Waals surface area contributed by atoms with Crippen molar-refractivity contribution in [3.8, 4) is 11.1 Å². The van der Waals surface area contributed by atoms with Crippen LogP contribution in [0.2, 0.25) is 0 Å². The monoisotopic (exact) mass is 470 g/mol. The van der Waals surface area contributed by atoms with Crippen molar-refractivity contribution in [1.29, 1.82) is 0 Å². The van der Waals surface area contributed by atoms with Crippen molar-refractivity contribution >= 4 is 17.7 Å². The third-order valence-electron chi connectivity index (χ3n) is 6.83. The van der Waals surface area contributed by atoms with Gasteiger partial charge in [0.2, 0.25) is 0 Å². The summed E-state index contributed by atoms with van der Waals surface area (Å²) < 4.78 is 5.69. The fraction of sp³-hybridized carbons (Fsp3) is 0.357. The third kappa shape index (κ3) is 4.50. The zero-order valence-corrected chi connectivity index (χ0v) is 20.4. The molecule has 1 fully saturated rings. The van der Waals surface area contributed by atoms with Crippen LogP contribution < -0.4 is 4.90 Å². The van der Waals surface area contributed by atoms with Crippen LogP contribution in [0, 0.1) is 0 Å². The van der Waals surface area contributed by atoms with Crippen LogP contribution in [-0.2, 0) is 10.2 Å². The fourth-order valence-corrected chi connectivity index (χ4v) is 5.11. The molecule has 0 atom stereocenters. The molecule has 0 radical (unpaired) electrons. The number of piperidine rings is 1. The van der Waals surface area contributed by atoms with Crippen LogP contribution in [0.3, 0.4) is 0 Å². The SMILES string of the molecule is CC(C)(C)OC(=O)N1CC2(CCN(C(=O)c3cncc(-c4cccnc4)c3)CC2)c2ccccc21. The molecule has 0 aliphatic carbocycles. The average molecular weight is 471 g/mol. The van der Waals surface area contributed by atoms with E-state index in [-0.39, 0.29) is 17.4 Å². The van der Waals surface area contributed by atoms with E-state index >= 15 is 0 Å². The summed E-state index contributed by atoms with van der Waals surface area (Å²) in [4.78, 5) is 38.5. The van der Waals surface area contributed by atoms with Gasteiger partial charge in [0.15, 0.2) is 0 Å². The van der Waals surface area contributed by atoms with Gasteiger partial charge in [0.25, 0.3) is 5.91 Å². The van der Waals surface area contributed by atoms with Gasteiger partial charge in [0, 0.05) is 61.0 Å². The van der Waals surface area contributed by atoms with Crippen LogP contribution in [0.1, 0.15) is 49.5 Å². The van der Waals surface area contributed by atoms with Gasteiger partial charge in [-0.3, -0.25) is 19.7 Å². The molecule has 1 spiro atoms. The van der Waals surface area contributed by atoms with Gasteiger partial charge in [-0.2, -0.15) is 0 Å². The lowest BCUT2D eigenvalue weighted by molar-refractivity contribution is 0.0557. The van der Waals surface area contributed by atoms with Crippen molar-refractivity contribution in [3.05, 3.63) is 78.4 Å². The molecule has 180 valence electrons. The molecule has 0 unspecified atom stereocenters. The van der Waals surface area contributed by atoms with Gasteiger partial charge in [0.1, 0.15) is 5.60 Å². The number of ether oxygens (including phenoxy) is 1. The standard InChI is InChI=1S/C28H30N4O3/c1-27(2,3)35-26(34)32-19-28(23-8-4-5-9-24(23)32)10-13-31(14-11-28)25(33)22-15-21(17-30-18-22)20-7-6-12-29-16-20/h4-9,12,15-18H,10-11,13-14,19H2,1-3H3. The summed E-state index contributed by atoms with van der Waals surface area (Å²) in [5, 5.41) is 0. The Morgan fingerprint density at radius 3 is 2.40 bits per heavy atom. The molecule has 1 aromatic carbocycles. The molecular weight excluding hydrogens is 440 g/mol. The van der Waals surface area contributed by atoms with Crippen LogP contribution in [-0.4, -0.2) is 52.1 Å². The predicted molar refractivity (Wildman–Crippen MR) is 134 cm³/mol. The normalized spacial score (nSPS) is 16.8. The van der Waals surface area contributed by atoms with Gasteiger partial charge in [-0.05, 0) is 57.4 Å². The minimum Gasteiger partial charge on any atom is -0.443 e. The Labute approximate surface area is 205 Å². The molecule has 0 N–H and O–H groups in total. The summed E-state index contributed by atoms with van der Waals surface area (Å²) in [5.41, 5.74) is 3.71. The molecule has 35 heavy (non-hydrogen) atoms. The van der Waals surface area contributed by atoms with Gasteiger partial charge in [-0.25, -0.2) is 4.79 Å². The number of hydrogen-bond acceptors (Lipinski definition) is 5. The summed E-state index contributed by atoms with van der Waals surface area (Å²) in [7, 11) is 0. The molecule has 2 aliphatic heterocycles. The molecular formula is C28H30N4O3. The number of rotatable bonds is 2. The largest absolute Gasteiger partial charge is 0.443 e. The first-order valence-electron chi connectivity index (χ1n) is 12.0. The van der Waals surface area contributed by atoms with E-state index in [0.29, 0.717) is 25.2 Å². The maximum Gasteiger partial charge on any atom is 0.414 e. The van der Waals surface area contributed by atoms with E-state index in [9.17, 15) is 9.59 Å². The number of carbonyl (C=O) groups excluding carboxylic acids is 2.